The summed E-state index contributed by atoms with van der Waals surface area (Å²) >= 11 is 0. The van der Waals surface area contributed by atoms with E-state index >= 15 is 0 Å². The Morgan fingerprint density at radius 3 is 3.00 bits per heavy atom. The molecule has 0 saturated carbocycles. The minimum atomic E-state index is -0.464. The highest BCUT2D eigenvalue weighted by molar-refractivity contribution is 5.79. The molecule has 0 spiro atoms. The normalized spacial score (nSPS) is 26.4. The monoisotopic (exact) mass is 327 g/mol. The Bertz CT molecular complexity index is 779. The van der Waals surface area contributed by atoms with Gasteiger partial charge in [0.25, 0.3) is 0 Å². The minimum absolute atomic E-state index is 0.0289. The first-order valence-corrected chi connectivity index (χ1v) is 8.22. The molecule has 3 atom stereocenters. The summed E-state index contributed by atoms with van der Waals surface area (Å²) in [6.45, 7) is 3.37. The van der Waals surface area contributed by atoms with Crippen molar-refractivity contribution in [2.75, 3.05) is 19.8 Å². The third-order valence-corrected chi connectivity index (χ3v) is 4.52. The van der Waals surface area contributed by atoms with Crippen LogP contribution in [0.3, 0.4) is 0 Å². The van der Waals surface area contributed by atoms with Gasteiger partial charge in [0.05, 0.1) is 31.4 Å². The van der Waals surface area contributed by atoms with Crippen molar-refractivity contribution in [2.45, 2.75) is 25.1 Å². The van der Waals surface area contributed by atoms with Crippen LogP contribution in [-0.2, 0) is 4.74 Å². The fourth-order valence-electron chi connectivity index (χ4n) is 3.29. The van der Waals surface area contributed by atoms with Gasteiger partial charge in [-0.05, 0) is 37.3 Å². The lowest BCUT2D eigenvalue weighted by Gasteiger charge is -2.36. The lowest BCUT2D eigenvalue weighted by atomic mass is 10.1. The largest absolute Gasteiger partial charge is 0.491 e. The molecule has 126 valence electrons. The van der Waals surface area contributed by atoms with E-state index < -0.39 is 6.10 Å². The maximum Gasteiger partial charge on any atom is 0.134 e. The number of furan rings is 1. The molecular formula is C19H21NO4. The van der Waals surface area contributed by atoms with Gasteiger partial charge in [-0.3, -0.25) is 0 Å². The Kier molecular flexibility index (Phi) is 4.04. The molecule has 0 radical (unpaired) electrons. The van der Waals surface area contributed by atoms with Crippen LogP contribution in [0.4, 0.5) is 0 Å². The summed E-state index contributed by atoms with van der Waals surface area (Å²) in [5.74, 6) is 1.71. The van der Waals surface area contributed by atoms with E-state index in [-0.39, 0.29) is 12.1 Å². The molecule has 4 rings (SSSR count). The molecule has 1 unspecified atom stereocenters. The van der Waals surface area contributed by atoms with E-state index in [2.05, 4.69) is 11.0 Å². The second-order valence-corrected chi connectivity index (χ2v) is 6.28. The number of aryl methyl sites for hydroxylation is 1. The topological polar surface area (TPSA) is 55.1 Å². The first-order chi connectivity index (χ1) is 11.7. The van der Waals surface area contributed by atoms with Crippen LogP contribution in [0.1, 0.15) is 5.76 Å². The lowest BCUT2D eigenvalue weighted by molar-refractivity contribution is 0.0819. The van der Waals surface area contributed by atoms with Crippen LogP contribution in [0.15, 0.2) is 53.1 Å². The summed E-state index contributed by atoms with van der Waals surface area (Å²) in [7, 11) is 0. The number of allylic oxidation sites excluding steroid dienone is 2. The lowest BCUT2D eigenvalue weighted by Crippen LogP contribution is -2.47. The molecule has 24 heavy (non-hydrogen) atoms. The first kappa shape index (κ1) is 15.3. The highest BCUT2D eigenvalue weighted by Gasteiger charge is 2.34. The Morgan fingerprint density at radius 1 is 1.25 bits per heavy atom. The van der Waals surface area contributed by atoms with Gasteiger partial charge >= 0.3 is 0 Å². The van der Waals surface area contributed by atoms with E-state index in [1.807, 2.05) is 49.5 Å². The predicted molar refractivity (Wildman–Crippen MR) is 91.0 cm³/mol. The minimum Gasteiger partial charge on any atom is -0.491 e. The van der Waals surface area contributed by atoms with Crippen LogP contribution >= 0.6 is 0 Å². The fraction of sp³-hybridized carbons (Fsp3) is 0.368. The highest BCUT2D eigenvalue weighted by atomic mass is 16.5. The predicted octanol–water partition coefficient (Wildman–Crippen LogP) is 2.63. The molecule has 2 aromatic rings. The fourth-order valence-corrected chi connectivity index (χ4v) is 3.29. The first-order valence-electron chi connectivity index (χ1n) is 8.22. The quantitative estimate of drug-likeness (QED) is 0.935. The van der Waals surface area contributed by atoms with Crippen LogP contribution < -0.4 is 4.74 Å². The molecule has 5 heteroatoms. The molecule has 1 saturated heterocycles. The van der Waals surface area contributed by atoms with Gasteiger partial charge in [-0.25, -0.2) is 0 Å². The Labute approximate surface area is 140 Å². The number of hydrogen-bond donors (Lipinski definition) is 1. The van der Waals surface area contributed by atoms with Crippen molar-refractivity contribution < 1.29 is 19.0 Å². The zero-order chi connectivity index (χ0) is 16.5. The molecule has 1 fully saturated rings. The number of hydrogen-bond acceptors (Lipinski definition) is 5. The van der Waals surface area contributed by atoms with Gasteiger partial charge in [0, 0.05) is 11.6 Å². The molecule has 2 aliphatic heterocycles. The summed E-state index contributed by atoms with van der Waals surface area (Å²) < 4.78 is 17.0. The van der Waals surface area contributed by atoms with E-state index in [1.54, 1.807) is 0 Å². The van der Waals surface area contributed by atoms with Gasteiger partial charge in [-0.15, -0.1) is 0 Å². The van der Waals surface area contributed by atoms with Crippen molar-refractivity contribution in [3.05, 3.63) is 54.5 Å². The van der Waals surface area contributed by atoms with Crippen molar-refractivity contribution >= 4 is 11.0 Å². The average Bonchev–Trinajstić information content (AvgIpc) is 3.17. The number of benzene rings is 1. The van der Waals surface area contributed by atoms with Crippen molar-refractivity contribution in [2.24, 2.45) is 0 Å². The molecular weight excluding hydrogens is 306 g/mol. The number of aliphatic hydroxyl groups excluding tert-OH is 1. The van der Waals surface area contributed by atoms with E-state index in [4.69, 9.17) is 13.9 Å². The van der Waals surface area contributed by atoms with Gasteiger partial charge in [-0.2, -0.15) is 0 Å². The summed E-state index contributed by atoms with van der Waals surface area (Å²) in [4.78, 5) is 2.12. The van der Waals surface area contributed by atoms with Crippen LogP contribution in [0, 0.1) is 6.92 Å². The molecule has 0 bridgehead atoms. The maximum absolute atomic E-state index is 10.1. The standard InChI is InChI=1S/C19H21NO4/c1-13-8-14-9-16(5-6-19(14)24-13)23-10-15-4-2-3-7-20(15)17-11-22-12-18(17)21/h2-9,15,17-18,21H,10-12H2,1H3/t15?,17-,18-/m1/s1. The Morgan fingerprint density at radius 2 is 2.17 bits per heavy atom. The van der Waals surface area contributed by atoms with Crippen molar-refractivity contribution in [1.29, 1.82) is 0 Å². The number of rotatable bonds is 4. The molecule has 1 aromatic heterocycles. The van der Waals surface area contributed by atoms with Gasteiger partial charge < -0.3 is 23.9 Å². The number of nitrogens with zero attached hydrogens (tertiary/aromatic N) is 1. The molecule has 1 N–H and O–H groups in total. The van der Waals surface area contributed by atoms with Crippen LogP contribution in [0.2, 0.25) is 0 Å². The van der Waals surface area contributed by atoms with Crippen LogP contribution in [0.25, 0.3) is 11.0 Å². The number of aliphatic hydroxyl groups is 1. The molecule has 2 aliphatic rings. The molecule has 1 aromatic carbocycles. The summed E-state index contributed by atoms with van der Waals surface area (Å²) in [6, 6.07) is 7.89. The van der Waals surface area contributed by atoms with Crippen LogP contribution in [-0.4, -0.2) is 48.0 Å². The SMILES string of the molecule is Cc1cc2cc(OCC3C=CC=CN3[C@@H]3COC[C@H]3O)ccc2o1. The smallest absolute Gasteiger partial charge is 0.134 e. The van der Waals surface area contributed by atoms with E-state index in [0.717, 1.165) is 22.5 Å². The second-order valence-electron chi connectivity index (χ2n) is 6.28. The van der Waals surface area contributed by atoms with Gasteiger partial charge in [0.15, 0.2) is 0 Å². The number of ether oxygens (including phenoxy) is 2. The number of fused-ring (bicyclic) bond motifs is 1. The van der Waals surface area contributed by atoms with Crippen molar-refractivity contribution in [3.8, 4) is 5.75 Å². The summed E-state index contributed by atoms with van der Waals surface area (Å²) in [5, 5.41) is 11.1. The maximum atomic E-state index is 10.1. The van der Waals surface area contributed by atoms with Gasteiger partial charge in [-0.1, -0.05) is 12.2 Å². The van der Waals surface area contributed by atoms with Crippen LogP contribution in [0.5, 0.6) is 5.75 Å². The van der Waals surface area contributed by atoms with E-state index in [0.29, 0.717) is 19.8 Å². The Balaban J connectivity index is 1.46. The zero-order valence-electron chi connectivity index (χ0n) is 13.6. The van der Waals surface area contributed by atoms with Gasteiger partial charge in [0.1, 0.15) is 23.7 Å². The molecule has 5 nitrogen and oxygen atoms in total. The molecule has 3 heterocycles. The van der Waals surface area contributed by atoms with E-state index in [9.17, 15) is 5.11 Å². The van der Waals surface area contributed by atoms with Crippen molar-refractivity contribution in [1.82, 2.24) is 4.90 Å². The second kappa shape index (κ2) is 6.34. The van der Waals surface area contributed by atoms with Crippen molar-refractivity contribution in [3.63, 3.8) is 0 Å². The highest BCUT2D eigenvalue weighted by Crippen LogP contribution is 2.25. The zero-order valence-corrected chi connectivity index (χ0v) is 13.6. The van der Waals surface area contributed by atoms with Gasteiger partial charge in [0.2, 0.25) is 0 Å². The molecule has 0 aliphatic carbocycles. The summed E-state index contributed by atoms with van der Waals surface area (Å²) in [5.41, 5.74) is 0.869. The average molecular weight is 327 g/mol. The third-order valence-electron chi connectivity index (χ3n) is 4.52. The summed E-state index contributed by atoms with van der Waals surface area (Å²) in [6.07, 6.45) is 7.61. The Hall–Kier alpha value is -2.24. The third kappa shape index (κ3) is 2.92. The molecule has 0 amide bonds. The van der Waals surface area contributed by atoms with E-state index in [1.165, 1.54) is 0 Å².